The Hall–Kier alpha value is -1.67. The van der Waals surface area contributed by atoms with Crippen LogP contribution in [-0.4, -0.2) is 58.5 Å². The Morgan fingerprint density at radius 2 is 1.31 bits per heavy atom. The van der Waals surface area contributed by atoms with Crippen LogP contribution in [0.4, 0.5) is 17.8 Å². The van der Waals surface area contributed by atoms with Crippen LogP contribution >= 0.6 is 0 Å². The lowest BCUT2D eigenvalue weighted by Crippen LogP contribution is -2.14. The van der Waals surface area contributed by atoms with Gasteiger partial charge in [0.2, 0.25) is 17.8 Å². The van der Waals surface area contributed by atoms with E-state index in [0.29, 0.717) is 30.9 Å². The van der Waals surface area contributed by atoms with Gasteiger partial charge in [0.05, 0.1) is 13.2 Å². The fourth-order valence-corrected chi connectivity index (χ4v) is 0.981. The lowest BCUT2D eigenvalue weighted by molar-refractivity contribution is 0.310. The maximum atomic E-state index is 8.67. The quantitative estimate of drug-likeness (QED) is 0.392. The summed E-state index contributed by atoms with van der Waals surface area (Å²) in [5, 5.41) is 25.8. The molecule has 90 valence electrons. The molecule has 0 aliphatic carbocycles. The number of nitrogens with one attached hydrogen (secondary N) is 3. The van der Waals surface area contributed by atoms with Gasteiger partial charge in [-0.05, 0) is 0 Å². The summed E-state index contributed by atoms with van der Waals surface area (Å²) in [5.41, 5.74) is 0. The number of hydrogen-bond acceptors (Lipinski definition) is 8. The van der Waals surface area contributed by atoms with Crippen molar-refractivity contribution in [3.05, 3.63) is 0 Å². The fourth-order valence-electron chi connectivity index (χ4n) is 0.981. The van der Waals surface area contributed by atoms with Crippen LogP contribution in [0.5, 0.6) is 0 Å². The number of hydrogen-bond donors (Lipinski definition) is 5. The molecule has 0 unspecified atom stereocenters. The third-order valence-electron chi connectivity index (χ3n) is 1.65. The van der Waals surface area contributed by atoms with Crippen molar-refractivity contribution in [3.63, 3.8) is 0 Å². The van der Waals surface area contributed by atoms with Crippen molar-refractivity contribution in [2.24, 2.45) is 0 Å². The Bertz CT molecular complexity index is 295. The van der Waals surface area contributed by atoms with Crippen LogP contribution in [0, 0.1) is 0 Å². The average molecular weight is 228 g/mol. The van der Waals surface area contributed by atoms with E-state index in [1.165, 1.54) is 0 Å². The molecule has 0 bridgehead atoms. The predicted molar refractivity (Wildman–Crippen MR) is 60.5 cm³/mol. The molecule has 0 aliphatic rings. The SMILES string of the molecule is CNc1nc(NCCO)nc(NCCO)n1. The molecule has 0 spiro atoms. The number of aliphatic hydroxyl groups is 2. The van der Waals surface area contributed by atoms with E-state index < -0.39 is 0 Å². The highest BCUT2D eigenvalue weighted by Gasteiger charge is 2.04. The van der Waals surface area contributed by atoms with Gasteiger partial charge in [0, 0.05) is 20.1 Å². The standard InChI is InChI=1S/C8H16N6O2/c1-9-6-12-7(10-2-4-15)14-8(13-6)11-3-5-16/h15-16H,2-5H2,1H3,(H3,9,10,11,12,13,14). The number of rotatable bonds is 7. The molecule has 0 amide bonds. The topological polar surface area (TPSA) is 115 Å². The minimum absolute atomic E-state index is 0.0000281. The molecule has 1 aromatic rings. The fraction of sp³-hybridized carbons (Fsp3) is 0.625. The number of aromatic nitrogens is 3. The Balaban J connectivity index is 2.74. The summed E-state index contributed by atoms with van der Waals surface area (Å²) in [6.45, 7) is 0.735. The summed E-state index contributed by atoms with van der Waals surface area (Å²) in [4.78, 5) is 12.1. The second-order valence-electron chi connectivity index (χ2n) is 2.86. The molecule has 8 nitrogen and oxygen atoms in total. The third kappa shape index (κ3) is 3.83. The Morgan fingerprint density at radius 1 is 0.875 bits per heavy atom. The largest absolute Gasteiger partial charge is 0.395 e. The molecule has 0 aromatic carbocycles. The van der Waals surface area contributed by atoms with Crippen LogP contribution in [0.3, 0.4) is 0 Å². The molecular formula is C8H16N6O2. The molecule has 0 saturated heterocycles. The molecule has 5 N–H and O–H groups in total. The Morgan fingerprint density at radius 3 is 1.69 bits per heavy atom. The number of aliphatic hydroxyl groups excluding tert-OH is 2. The highest BCUT2D eigenvalue weighted by molar-refractivity contribution is 5.41. The predicted octanol–water partition coefficient (Wildman–Crippen LogP) is -1.28. The molecule has 0 atom stereocenters. The van der Waals surface area contributed by atoms with E-state index in [0.717, 1.165) is 0 Å². The normalized spacial score (nSPS) is 9.94. The average Bonchev–Trinajstić information content (AvgIpc) is 2.33. The van der Waals surface area contributed by atoms with Crippen LogP contribution in [-0.2, 0) is 0 Å². The molecular weight excluding hydrogens is 212 g/mol. The van der Waals surface area contributed by atoms with Gasteiger partial charge < -0.3 is 26.2 Å². The highest BCUT2D eigenvalue weighted by atomic mass is 16.3. The molecule has 1 heterocycles. The minimum atomic E-state index is -0.0000281. The summed E-state index contributed by atoms with van der Waals surface area (Å²) < 4.78 is 0. The zero-order chi connectivity index (χ0) is 11.8. The second-order valence-corrected chi connectivity index (χ2v) is 2.86. The first-order valence-corrected chi connectivity index (χ1v) is 4.93. The summed E-state index contributed by atoms with van der Waals surface area (Å²) in [5.74, 6) is 1.15. The molecule has 0 fully saturated rings. The van der Waals surface area contributed by atoms with E-state index in [9.17, 15) is 0 Å². The molecule has 0 aliphatic heterocycles. The molecule has 0 saturated carbocycles. The van der Waals surface area contributed by atoms with E-state index in [4.69, 9.17) is 10.2 Å². The van der Waals surface area contributed by atoms with Crippen LogP contribution in [0.2, 0.25) is 0 Å². The van der Waals surface area contributed by atoms with Crippen molar-refractivity contribution >= 4 is 17.8 Å². The summed E-state index contributed by atoms with van der Waals surface area (Å²) in [6.07, 6.45) is 0. The van der Waals surface area contributed by atoms with Crippen molar-refractivity contribution < 1.29 is 10.2 Å². The van der Waals surface area contributed by atoms with Crippen molar-refractivity contribution in [3.8, 4) is 0 Å². The van der Waals surface area contributed by atoms with E-state index >= 15 is 0 Å². The van der Waals surface area contributed by atoms with Gasteiger partial charge in [0.15, 0.2) is 0 Å². The number of nitrogens with zero attached hydrogens (tertiary/aromatic N) is 3. The van der Waals surface area contributed by atoms with Gasteiger partial charge >= 0.3 is 0 Å². The van der Waals surface area contributed by atoms with Gasteiger partial charge in [-0.15, -0.1) is 0 Å². The Labute approximate surface area is 93.2 Å². The van der Waals surface area contributed by atoms with Crippen molar-refractivity contribution in [2.75, 3.05) is 49.3 Å². The van der Waals surface area contributed by atoms with Gasteiger partial charge in [-0.1, -0.05) is 0 Å². The molecule has 16 heavy (non-hydrogen) atoms. The smallest absolute Gasteiger partial charge is 0.229 e. The van der Waals surface area contributed by atoms with Crippen LogP contribution in [0.15, 0.2) is 0 Å². The van der Waals surface area contributed by atoms with Gasteiger partial charge in [0.1, 0.15) is 0 Å². The first-order valence-electron chi connectivity index (χ1n) is 4.93. The van der Waals surface area contributed by atoms with Gasteiger partial charge in [0.25, 0.3) is 0 Å². The lowest BCUT2D eigenvalue weighted by Gasteiger charge is -2.08. The molecule has 8 heteroatoms. The minimum Gasteiger partial charge on any atom is -0.395 e. The maximum Gasteiger partial charge on any atom is 0.229 e. The second kappa shape index (κ2) is 6.75. The molecule has 1 rings (SSSR count). The summed E-state index contributed by atoms with van der Waals surface area (Å²) in [6, 6.07) is 0. The lowest BCUT2D eigenvalue weighted by atomic mass is 10.6. The van der Waals surface area contributed by atoms with E-state index in [1.54, 1.807) is 7.05 Å². The maximum absolute atomic E-state index is 8.67. The zero-order valence-corrected chi connectivity index (χ0v) is 9.06. The first kappa shape index (κ1) is 12.4. The van der Waals surface area contributed by atoms with Crippen LogP contribution in [0.1, 0.15) is 0 Å². The first-order chi connectivity index (χ1) is 7.80. The van der Waals surface area contributed by atoms with Crippen molar-refractivity contribution in [2.45, 2.75) is 0 Å². The highest BCUT2D eigenvalue weighted by Crippen LogP contribution is 2.07. The molecule has 0 radical (unpaired) electrons. The van der Waals surface area contributed by atoms with Gasteiger partial charge in [-0.2, -0.15) is 15.0 Å². The van der Waals surface area contributed by atoms with Crippen molar-refractivity contribution in [1.29, 1.82) is 0 Å². The van der Waals surface area contributed by atoms with Gasteiger partial charge in [-0.3, -0.25) is 0 Å². The van der Waals surface area contributed by atoms with Crippen molar-refractivity contribution in [1.82, 2.24) is 15.0 Å². The number of anilines is 3. The monoisotopic (exact) mass is 228 g/mol. The van der Waals surface area contributed by atoms with E-state index in [-0.39, 0.29) is 13.2 Å². The van der Waals surface area contributed by atoms with E-state index in [1.807, 2.05) is 0 Å². The molecule has 1 aromatic heterocycles. The summed E-state index contributed by atoms with van der Waals surface area (Å²) >= 11 is 0. The van der Waals surface area contributed by atoms with Gasteiger partial charge in [-0.25, -0.2) is 0 Å². The third-order valence-corrected chi connectivity index (χ3v) is 1.65. The van der Waals surface area contributed by atoms with Crippen LogP contribution < -0.4 is 16.0 Å². The Kier molecular flexibility index (Phi) is 5.23. The summed E-state index contributed by atoms with van der Waals surface area (Å²) in [7, 11) is 1.70. The van der Waals surface area contributed by atoms with E-state index in [2.05, 4.69) is 30.9 Å². The van der Waals surface area contributed by atoms with Crippen LogP contribution in [0.25, 0.3) is 0 Å². The zero-order valence-electron chi connectivity index (χ0n) is 9.06.